The van der Waals surface area contributed by atoms with Gasteiger partial charge in [-0.05, 0) is 26.4 Å². The number of carbonyl (C=O) groups excluding carboxylic acids is 1. The molecule has 116 valence electrons. The van der Waals surface area contributed by atoms with E-state index in [-0.39, 0.29) is 11.5 Å². The Labute approximate surface area is 118 Å². The number of nitrogens with zero attached hydrogens (tertiary/aromatic N) is 1. The second-order valence-corrected chi connectivity index (χ2v) is 7.00. The Hall–Kier alpha value is -1.35. The smallest absolute Gasteiger partial charge is 0.323 e. The van der Waals surface area contributed by atoms with Gasteiger partial charge in [-0.15, -0.1) is 0 Å². The fourth-order valence-corrected chi connectivity index (χ4v) is 3.83. The number of hydrogen-bond donors (Lipinski definition) is 3. The summed E-state index contributed by atoms with van der Waals surface area (Å²) in [5, 5.41) is 14.4. The predicted octanol–water partition coefficient (Wildman–Crippen LogP) is -1.12. The van der Waals surface area contributed by atoms with Gasteiger partial charge in [0.25, 0.3) is 0 Å². The monoisotopic (exact) mass is 307 g/mol. The van der Waals surface area contributed by atoms with Crippen LogP contribution in [0.2, 0.25) is 0 Å². The van der Waals surface area contributed by atoms with Crippen molar-refractivity contribution in [2.45, 2.75) is 18.9 Å². The lowest BCUT2D eigenvalue weighted by Crippen LogP contribution is -2.49. The normalized spacial score (nSPS) is 20.6. The molecular weight excluding hydrogens is 286 g/mol. The van der Waals surface area contributed by atoms with E-state index in [2.05, 4.69) is 10.6 Å². The number of rotatable bonds is 7. The maximum absolute atomic E-state index is 12.0. The summed E-state index contributed by atoms with van der Waals surface area (Å²) in [4.78, 5) is 23.9. The van der Waals surface area contributed by atoms with Crippen molar-refractivity contribution < 1.29 is 23.1 Å². The van der Waals surface area contributed by atoms with Crippen LogP contribution >= 0.6 is 0 Å². The van der Waals surface area contributed by atoms with E-state index in [1.54, 1.807) is 7.05 Å². The van der Waals surface area contributed by atoms with E-state index < -0.39 is 34.4 Å². The lowest BCUT2D eigenvalue weighted by Gasteiger charge is -2.26. The largest absolute Gasteiger partial charge is 0.480 e. The quantitative estimate of drug-likeness (QED) is 0.513. The van der Waals surface area contributed by atoms with Gasteiger partial charge in [-0.25, -0.2) is 13.2 Å². The van der Waals surface area contributed by atoms with E-state index in [1.807, 2.05) is 0 Å². The molecule has 1 unspecified atom stereocenters. The third kappa shape index (κ3) is 5.33. The van der Waals surface area contributed by atoms with Crippen molar-refractivity contribution in [3.05, 3.63) is 0 Å². The molecule has 0 spiro atoms. The van der Waals surface area contributed by atoms with Crippen molar-refractivity contribution >= 4 is 21.8 Å². The van der Waals surface area contributed by atoms with Gasteiger partial charge in [-0.1, -0.05) is 0 Å². The van der Waals surface area contributed by atoms with Crippen molar-refractivity contribution in [1.29, 1.82) is 0 Å². The first-order valence-corrected chi connectivity index (χ1v) is 8.29. The Kier molecular flexibility index (Phi) is 6.21. The predicted molar refractivity (Wildman–Crippen MR) is 73.3 cm³/mol. The summed E-state index contributed by atoms with van der Waals surface area (Å²) in [6.07, 6.45) is 1.01. The van der Waals surface area contributed by atoms with Gasteiger partial charge in [0.05, 0.1) is 11.5 Å². The molecule has 2 amide bonds. The fraction of sp³-hybridized carbons (Fsp3) is 0.818. The van der Waals surface area contributed by atoms with Gasteiger partial charge in [0.1, 0.15) is 6.54 Å². The van der Waals surface area contributed by atoms with Crippen LogP contribution < -0.4 is 10.6 Å². The van der Waals surface area contributed by atoms with Gasteiger partial charge in [-0.2, -0.15) is 0 Å². The van der Waals surface area contributed by atoms with Crippen LogP contribution in [0.4, 0.5) is 4.79 Å². The Bertz CT molecular complexity index is 451. The highest BCUT2D eigenvalue weighted by Gasteiger charge is 2.35. The van der Waals surface area contributed by atoms with Gasteiger partial charge in [-0.3, -0.25) is 4.79 Å². The molecule has 1 atom stereocenters. The standard InChI is InChI=1S/C11H21N3O5S/c1-12-4-2-5-13-11(17)14(7-10(15)16)9-3-6-20(18,19)8-9/h9,12H,2-8H2,1H3,(H,13,17)(H,15,16). The first-order chi connectivity index (χ1) is 9.35. The first kappa shape index (κ1) is 16.7. The summed E-state index contributed by atoms with van der Waals surface area (Å²) >= 11 is 0. The molecule has 0 saturated carbocycles. The molecule has 0 aliphatic carbocycles. The molecule has 0 aromatic carbocycles. The molecule has 3 N–H and O–H groups in total. The van der Waals surface area contributed by atoms with Crippen LogP contribution in [-0.4, -0.2) is 74.7 Å². The van der Waals surface area contributed by atoms with E-state index in [0.29, 0.717) is 19.4 Å². The number of carbonyl (C=O) groups is 2. The number of amides is 2. The Balaban J connectivity index is 2.60. The zero-order valence-corrected chi connectivity index (χ0v) is 12.3. The van der Waals surface area contributed by atoms with Gasteiger partial charge < -0.3 is 20.6 Å². The molecule has 8 nitrogen and oxygen atoms in total. The third-order valence-corrected chi connectivity index (χ3v) is 4.85. The summed E-state index contributed by atoms with van der Waals surface area (Å²) in [6, 6.07) is -1.08. The molecule has 1 fully saturated rings. The highest BCUT2D eigenvalue weighted by molar-refractivity contribution is 7.91. The Morgan fingerprint density at radius 2 is 2.05 bits per heavy atom. The van der Waals surface area contributed by atoms with E-state index >= 15 is 0 Å². The Morgan fingerprint density at radius 1 is 1.35 bits per heavy atom. The van der Waals surface area contributed by atoms with Crippen molar-refractivity contribution in [2.24, 2.45) is 0 Å². The first-order valence-electron chi connectivity index (χ1n) is 6.47. The molecule has 1 aliphatic rings. The minimum atomic E-state index is -3.16. The summed E-state index contributed by atoms with van der Waals surface area (Å²) in [6.45, 7) is 0.657. The van der Waals surface area contributed by atoms with Crippen LogP contribution in [0.3, 0.4) is 0 Å². The summed E-state index contributed by atoms with van der Waals surface area (Å²) in [7, 11) is -1.37. The number of urea groups is 1. The van der Waals surface area contributed by atoms with E-state index in [9.17, 15) is 18.0 Å². The molecule has 9 heteroatoms. The number of nitrogens with one attached hydrogen (secondary N) is 2. The average molecular weight is 307 g/mol. The molecule has 0 aromatic heterocycles. The van der Waals surface area contributed by atoms with Crippen LogP contribution in [0, 0.1) is 0 Å². The van der Waals surface area contributed by atoms with E-state index in [1.165, 1.54) is 0 Å². The summed E-state index contributed by atoms with van der Waals surface area (Å²) in [5.74, 6) is -1.31. The number of aliphatic carboxylic acids is 1. The minimum absolute atomic E-state index is 0.000814. The number of carboxylic acid groups (broad SMARTS) is 1. The van der Waals surface area contributed by atoms with Crippen LogP contribution in [0.1, 0.15) is 12.8 Å². The summed E-state index contributed by atoms with van der Waals surface area (Å²) in [5.41, 5.74) is 0. The van der Waals surface area contributed by atoms with Crippen LogP contribution in [0.15, 0.2) is 0 Å². The average Bonchev–Trinajstić information content (AvgIpc) is 2.71. The molecular formula is C11H21N3O5S. The zero-order chi connectivity index (χ0) is 15.2. The second-order valence-electron chi connectivity index (χ2n) is 4.77. The molecule has 1 saturated heterocycles. The molecule has 1 rings (SSSR count). The van der Waals surface area contributed by atoms with E-state index in [4.69, 9.17) is 5.11 Å². The molecule has 0 aromatic rings. The van der Waals surface area contributed by atoms with Crippen molar-refractivity contribution in [2.75, 3.05) is 38.2 Å². The summed E-state index contributed by atoms with van der Waals surface area (Å²) < 4.78 is 22.9. The number of hydrogen-bond acceptors (Lipinski definition) is 5. The highest BCUT2D eigenvalue weighted by Crippen LogP contribution is 2.17. The van der Waals surface area contributed by atoms with Crippen molar-refractivity contribution in [3.8, 4) is 0 Å². The molecule has 1 heterocycles. The highest BCUT2D eigenvalue weighted by atomic mass is 32.2. The van der Waals surface area contributed by atoms with Gasteiger partial charge in [0, 0.05) is 12.6 Å². The number of carboxylic acids is 1. The maximum atomic E-state index is 12.0. The Morgan fingerprint density at radius 3 is 2.55 bits per heavy atom. The fourth-order valence-electron chi connectivity index (χ4n) is 2.10. The molecule has 0 radical (unpaired) electrons. The van der Waals surface area contributed by atoms with Gasteiger partial charge in [0.2, 0.25) is 0 Å². The van der Waals surface area contributed by atoms with Gasteiger partial charge >= 0.3 is 12.0 Å². The van der Waals surface area contributed by atoms with Crippen LogP contribution in [-0.2, 0) is 14.6 Å². The second kappa shape index (κ2) is 7.44. The SMILES string of the molecule is CNCCCNC(=O)N(CC(=O)O)C1CCS(=O)(=O)C1. The molecule has 0 bridgehead atoms. The zero-order valence-electron chi connectivity index (χ0n) is 11.5. The molecule has 20 heavy (non-hydrogen) atoms. The minimum Gasteiger partial charge on any atom is -0.480 e. The van der Waals surface area contributed by atoms with E-state index in [0.717, 1.165) is 11.4 Å². The van der Waals surface area contributed by atoms with Gasteiger partial charge in [0.15, 0.2) is 9.84 Å². The lowest BCUT2D eigenvalue weighted by atomic mass is 10.2. The maximum Gasteiger partial charge on any atom is 0.323 e. The van der Waals surface area contributed by atoms with Crippen LogP contribution in [0.5, 0.6) is 0 Å². The van der Waals surface area contributed by atoms with Crippen molar-refractivity contribution in [3.63, 3.8) is 0 Å². The lowest BCUT2D eigenvalue weighted by molar-refractivity contribution is -0.138. The topological polar surface area (TPSA) is 116 Å². The number of sulfone groups is 1. The van der Waals surface area contributed by atoms with Crippen molar-refractivity contribution in [1.82, 2.24) is 15.5 Å². The molecule has 1 aliphatic heterocycles. The third-order valence-electron chi connectivity index (χ3n) is 3.10. The van der Waals surface area contributed by atoms with Crippen LogP contribution in [0.25, 0.3) is 0 Å².